The lowest BCUT2D eigenvalue weighted by atomic mass is 10.0. The molecule has 2 aromatic heterocycles. The minimum atomic E-state index is -0.0887. The quantitative estimate of drug-likeness (QED) is 0.326. The molecule has 4 rings (SSSR count). The molecular formula is C22H20ClN5OS. The van der Waals surface area contributed by atoms with Crippen molar-refractivity contribution >= 4 is 46.0 Å². The van der Waals surface area contributed by atoms with Crippen LogP contribution in [0.25, 0.3) is 16.7 Å². The van der Waals surface area contributed by atoms with Gasteiger partial charge in [-0.1, -0.05) is 49.3 Å². The number of amides is 1. The molecule has 2 aromatic carbocycles. The number of fused-ring (bicyclic) bond motifs is 1. The van der Waals surface area contributed by atoms with E-state index < -0.39 is 0 Å². The minimum Gasteiger partial charge on any atom is -0.325 e. The molecule has 30 heavy (non-hydrogen) atoms. The molecule has 4 aromatic rings. The molecular weight excluding hydrogens is 418 g/mol. The average molecular weight is 438 g/mol. The van der Waals surface area contributed by atoms with Crippen molar-refractivity contribution in [1.82, 2.24) is 19.7 Å². The van der Waals surface area contributed by atoms with Gasteiger partial charge in [0.2, 0.25) is 5.91 Å². The summed E-state index contributed by atoms with van der Waals surface area (Å²) in [5.41, 5.74) is 3.56. The summed E-state index contributed by atoms with van der Waals surface area (Å²) in [6.45, 7) is 4.28. The lowest BCUT2D eigenvalue weighted by Crippen LogP contribution is -2.14. The normalized spacial score (nSPS) is 11.2. The van der Waals surface area contributed by atoms with E-state index in [0.29, 0.717) is 21.6 Å². The molecule has 0 saturated carbocycles. The Bertz CT molecular complexity index is 1170. The van der Waals surface area contributed by atoms with Crippen molar-refractivity contribution in [3.63, 3.8) is 0 Å². The third-order valence-electron chi connectivity index (χ3n) is 4.60. The number of hydrogen-bond donors (Lipinski definition) is 1. The molecule has 152 valence electrons. The smallest absolute Gasteiger partial charge is 0.234 e. The first kappa shape index (κ1) is 20.4. The zero-order valence-corrected chi connectivity index (χ0v) is 18.1. The molecule has 0 atom stereocenters. The van der Waals surface area contributed by atoms with Crippen LogP contribution in [0.5, 0.6) is 0 Å². The largest absolute Gasteiger partial charge is 0.325 e. The van der Waals surface area contributed by atoms with E-state index in [0.717, 1.165) is 16.8 Å². The van der Waals surface area contributed by atoms with Crippen LogP contribution in [0.2, 0.25) is 5.02 Å². The van der Waals surface area contributed by atoms with Crippen LogP contribution in [0.1, 0.15) is 25.3 Å². The van der Waals surface area contributed by atoms with E-state index in [1.165, 1.54) is 23.7 Å². The maximum atomic E-state index is 12.4. The van der Waals surface area contributed by atoms with Crippen molar-refractivity contribution in [2.75, 3.05) is 11.1 Å². The Morgan fingerprint density at radius 2 is 1.83 bits per heavy atom. The molecule has 0 aliphatic rings. The molecule has 8 heteroatoms. The Hall–Kier alpha value is -2.90. The molecule has 0 fully saturated rings. The number of nitrogens with one attached hydrogen (secondary N) is 1. The Morgan fingerprint density at radius 3 is 2.53 bits per heavy atom. The standard InChI is InChI=1S/C22H20ClN5OS/c1-14(2)15-3-7-17(8-4-15)27-20(29)12-30-22-19-11-26-28(21(19)24-13-25-22)18-9-5-16(23)6-10-18/h3-11,13-14H,12H2,1-2H3,(H,27,29). The number of anilines is 1. The average Bonchev–Trinajstić information content (AvgIpc) is 3.18. The van der Waals surface area contributed by atoms with Gasteiger partial charge in [-0.3, -0.25) is 4.79 Å². The van der Waals surface area contributed by atoms with Gasteiger partial charge < -0.3 is 5.32 Å². The minimum absolute atomic E-state index is 0.0887. The second-order valence-corrected chi connectivity index (χ2v) is 8.46. The van der Waals surface area contributed by atoms with Crippen LogP contribution < -0.4 is 5.32 Å². The third-order valence-corrected chi connectivity index (χ3v) is 5.86. The topological polar surface area (TPSA) is 72.7 Å². The summed E-state index contributed by atoms with van der Waals surface area (Å²) in [4.78, 5) is 21.1. The highest BCUT2D eigenvalue weighted by Gasteiger charge is 2.13. The number of carbonyl (C=O) groups excluding carboxylic acids is 1. The van der Waals surface area contributed by atoms with Crippen LogP contribution in [0.3, 0.4) is 0 Å². The second kappa shape index (κ2) is 8.85. The van der Waals surface area contributed by atoms with E-state index in [2.05, 4.69) is 34.2 Å². The van der Waals surface area contributed by atoms with E-state index in [-0.39, 0.29) is 11.7 Å². The number of rotatable bonds is 6. The van der Waals surface area contributed by atoms with Crippen molar-refractivity contribution in [1.29, 1.82) is 0 Å². The SMILES string of the molecule is CC(C)c1ccc(NC(=O)CSc2ncnc3c2cnn3-c2ccc(Cl)cc2)cc1. The number of benzene rings is 2. The molecule has 6 nitrogen and oxygen atoms in total. The molecule has 0 bridgehead atoms. The van der Waals surface area contributed by atoms with Gasteiger partial charge in [0.1, 0.15) is 11.4 Å². The molecule has 0 radical (unpaired) electrons. The van der Waals surface area contributed by atoms with Crippen molar-refractivity contribution in [3.05, 3.63) is 71.6 Å². The highest BCUT2D eigenvalue weighted by Crippen LogP contribution is 2.26. The molecule has 2 heterocycles. The van der Waals surface area contributed by atoms with E-state index in [9.17, 15) is 4.79 Å². The summed E-state index contributed by atoms with van der Waals surface area (Å²) in [6, 6.07) is 15.3. The predicted octanol–water partition coefficient (Wildman–Crippen LogP) is 5.32. The lowest BCUT2D eigenvalue weighted by Gasteiger charge is -2.08. The van der Waals surface area contributed by atoms with Crippen LogP contribution in [0.4, 0.5) is 5.69 Å². The number of nitrogens with zero attached hydrogens (tertiary/aromatic N) is 4. The molecule has 1 N–H and O–H groups in total. The molecule has 0 aliphatic carbocycles. The summed E-state index contributed by atoms with van der Waals surface area (Å²) in [5, 5.41) is 9.53. The van der Waals surface area contributed by atoms with Gasteiger partial charge in [-0.05, 0) is 47.9 Å². The zero-order valence-electron chi connectivity index (χ0n) is 16.5. The first-order chi connectivity index (χ1) is 14.5. The van der Waals surface area contributed by atoms with Crippen LogP contribution in [0.15, 0.2) is 66.1 Å². The van der Waals surface area contributed by atoms with Gasteiger partial charge in [0.05, 0.1) is 23.0 Å². The summed E-state index contributed by atoms with van der Waals surface area (Å²) in [5.74, 6) is 0.609. The van der Waals surface area contributed by atoms with Crippen molar-refractivity contribution in [3.8, 4) is 5.69 Å². The third kappa shape index (κ3) is 4.47. The number of thioether (sulfide) groups is 1. The first-order valence-corrected chi connectivity index (χ1v) is 10.8. The van der Waals surface area contributed by atoms with Crippen LogP contribution in [0, 0.1) is 0 Å². The fourth-order valence-corrected chi connectivity index (χ4v) is 3.88. The fraction of sp³-hybridized carbons (Fsp3) is 0.182. The molecule has 1 amide bonds. The Morgan fingerprint density at radius 1 is 1.10 bits per heavy atom. The highest BCUT2D eigenvalue weighted by atomic mass is 35.5. The number of carbonyl (C=O) groups is 1. The van der Waals surface area contributed by atoms with Crippen LogP contribution >= 0.6 is 23.4 Å². The molecule has 0 unspecified atom stereocenters. The Labute approximate surface area is 183 Å². The Balaban J connectivity index is 1.46. The summed E-state index contributed by atoms with van der Waals surface area (Å²) < 4.78 is 1.73. The van der Waals surface area contributed by atoms with Crippen LogP contribution in [-0.4, -0.2) is 31.4 Å². The van der Waals surface area contributed by atoms with E-state index in [4.69, 9.17) is 11.6 Å². The molecule has 0 saturated heterocycles. The maximum absolute atomic E-state index is 12.4. The number of hydrogen-bond acceptors (Lipinski definition) is 5. The van der Waals surface area contributed by atoms with Gasteiger partial charge in [-0.15, -0.1) is 0 Å². The van der Waals surface area contributed by atoms with Gasteiger partial charge in [0.25, 0.3) is 0 Å². The van der Waals surface area contributed by atoms with E-state index in [1.54, 1.807) is 23.0 Å². The highest BCUT2D eigenvalue weighted by molar-refractivity contribution is 8.00. The zero-order chi connectivity index (χ0) is 21.1. The maximum Gasteiger partial charge on any atom is 0.234 e. The van der Waals surface area contributed by atoms with Gasteiger partial charge >= 0.3 is 0 Å². The van der Waals surface area contributed by atoms with E-state index >= 15 is 0 Å². The molecule has 0 aliphatic heterocycles. The monoisotopic (exact) mass is 437 g/mol. The van der Waals surface area contributed by atoms with Crippen LogP contribution in [-0.2, 0) is 4.79 Å². The van der Waals surface area contributed by atoms with E-state index in [1.807, 2.05) is 36.4 Å². The lowest BCUT2D eigenvalue weighted by molar-refractivity contribution is -0.113. The summed E-state index contributed by atoms with van der Waals surface area (Å²) >= 11 is 7.33. The fourth-order valence-electron chi connectivity index (χ4n) is 2.99. The van der Waals surface area contributed by atoms with Crippen molar-refractivity contribution in [2.45, 2.75) is 24.8 Å². The van der Waals surface area contributed by atoms with Gasteiger partial charge in [-0.25, -0.2) is 14.6 Å². The number of halogens is 1. The first-order valence-electron chi connectivity index (χ1n) is 9.48. The Kier molecular flexibility index (Phi) is 6.01. The summed E-state index contributed by atoms with van der Waals surface area (Å²) in [7, 11) is 0. The second-order valence-electron chi connectivity index (χ2n) is 7.06. The number of aromatic nitrogens is 4. The van der Waals surface area contributed by atoms with Gasteiger partial charge in [0, 0.05) is 10.7 Å². The van der Waals surface area contributed by atoms with Crippen molar-refractivity contribution < 1.29 is 4.79 Å². The summed E-state index contributed by atoms with van der Waals surface area (Å²) in [6.07, 6.45) is 3.20. The van der Waals surface area contributed by atoms with Gasteiger partial charge in [-0.2, -0.15) is 5.10 Å². The predicted molar refractivity (Wildman–Crippen MR) is 122 cm³/mol. The molecule has 0 spiro atoms. The van der Waals surface area contributed by atoms with Crippen molar-refractivity contribution in [2.24, 2.45) is 0 Å². The van der Waals surface area contributed by atoms with Gasteiger partial charge in [0.15, 0.2) is 5.65 Å².